The smallest absolute Gasteiger partial charge is 0.130 e. The van der Waals surface area contributed by atoms with E-state index in [0.717, 1.165) is 83.8 Å². The number of unbranched alkanes of at least 4 members (excludes halogenated alkanes) is 1. The van der Waals surface area contributed by atoms with Gasteiger partial charge < -0.3 is 14.2 Å². The van der Waals surface area contributed by atoms with Gasteiger partial charge in [0.25, 0.3) is 0 Å². The first kappa shape index (κ1) is 26.6. The summed E-state index contributed by atoms with van der Waals surface area (Å²) < 4.78 is 17.2. The van der Waals surface area contributed by atoms with Gasteiger partial charge in [0.2, 0.25) is 0 Å². The molecular weight excluding hydrogens is 446 g/mol. The Labute approximate surface area is 215 Å². The summed E-state index contributed by atoms with van der Waals surface area (Å²) in [6.45, 7) is 5.74. The Bertz CT molecular complexity index is 1200. The Morgan fingerprint density at radius 3 is 2.25 bits per heavy atom. The summed E-state index contributed by atoms with van der Waals surface area (Å²) in [4.78, 5) is 0. The molecule has 0 aliphatic heterocycles. The molecule has 0 radical (unpaired) electrons. The van der Waals surface area contributed by atoms with Gasteiger partial charge in [-0.2, -0.15) is 5.26 Å². The lowest BCUT2D eigenvalue weighted by Gasteiger charge is -2.19. The molecule has 0 spiro atoms. The van der Waals surface area contributed by atoms with Crippen LogP contribution in [0.2, 0.25) is 0 Å². The molecule has 3 rings (SSSR count). The van der Waals surface area contributed by atoms with Crippen LogP contribution in [0.3, 0.4) is 0 Å². The van der Waals surface area contributed by atoms with Gasteiger partial charge in [-0.3, -0.25) is 0 Å². The van der Waals surface area contributed by atoms with E-state index in [1.165, 1.54) is 5.56 Å². The minimum atomic E-state index is 0.718. The third kappa shape index (κ3) is 7.26. The van der Waals surface area contributed by atoms with Crippen LogP contribution in [-0.4, -0.2) is 14.2 Å². The number of ether oxygens (including phenoxy) is 3. The lowest BCUT2D eigenvalue weighted by Crippen LogP contribution is -2.02. The SMILES string of the molecule is C=CCCCc1cc(OC)cc(OC)c1/C(CCCc1ccc(Oc2ccccc2)cc1)=C(\C)C#N. The van der Waals surface area contributed by atoms with Crippen molar-refractivity contribution in [3.63, 3.8) is 0 Å². The van der Waals surface area contributed by atoms with Gasteiger partial charge in [-0.05, 0) is 92.5 Å². The molecule has 0 fully saturated rings. The molecule has 0 N–H and O–H groups in total. The maximum atomic E-state index is 9.80. The second-order valence-electron chi connectivity index (χ2n) is 8.67. The highest BCUT2D eigenvalue weighted by atomic mass is 16.5. The van der Waals surface area contributed by atoms with E-state index < -0.39 is 0 Å². The normalized spacial score (nSPS) is 11.3. The van der Waals surface area contributed by atoms with Crippen molar-refractivity contribution in [2.75, 3.05) is 14.2 Å². The lowest BCUT2D eigenvalue weighted by molar-refractivity contribution is 0.392. The van der Waals surface area contributed by atoms with Crippen LogP contribution < -0.4 is 14.2 Å². The summed E-state index contributed by atoms with van der Waals surface area (Å²) in [7, 11) is 3.33. The van der Waals surface area contributed by atoms with Crippen LogP contribution in [0.15, 0.2) is 85.0 Å². The Hall–Kier alpha value is -3.97. The molecule has 0 saturated carbocycles. The third-order valence-electron chi connectivity index (χ3n) is 6.18. The summed E-state index contributed by atoms with van der Waals surface area (Å²) >= 11 is 0. The zero-order chi connectivity index (χ0) is 25.8. The van der Waals surface area contributed by atoms with Gasteiger partial charge in [0.05, 0.1) is 20.3 Å². The van der Waals surface area contributed by atoms with E-state index in [1.54, 1.807) is 14.2 Å². The van der Waals surface area contributed by atoms with Crippen LogP contribution in [0.1, 0.15) is 49.3 Å². The van der Waals surface area contributed by atoms with Crippen molar-refractivity contribution >= 4 is 5.57 Å². The number of methoxy groups -OCH3 is 2. The molecule has 0 heterocycles. The number of nitrogens with zero attached hydrogens (tertiary/aromatic N) is 1. The van der Waals surface area contributed by atoms with Crippen LogP contribution in [-0.2, 0) is 12.8 Å². The molecule has 0 saturated heterocycles. The predicted molar refractivity (Wildman–Crippen MR) is 147 cm³/mol. The largest absolute Gasteiger partial charge is 0.497 e. The maximum absolute atomic E-state index is 9.80. The fourth-order valence-corrected chi connectivity index (χ4v) is 4.29. The number of rotatable bonds is 13. The van der Waals surface area contributed by atoms with E-state index in [1.807, 2.05) is 61.5 Å². The first-order chi connectivity index (χ1) is 17.6. The van der Waals surface area contributed by atoms with E-state index in [2.05, 4.69) is 30.8 Å². The topological polar surface area (TPSA) is 51.5 Å². The van der Waals surface area contributed by atoms with Crippen LogP contribution in [0.5, 0.6) is 23.0 Å². The fraction of sp³-hybridized carbons (Fsp3) is 0.281. The average Bonchev–Trinajstić information content (AvgIpc) is 2.92. The second-order valence-corrected chi connectivity index (χ2v) is 8.67. The van der Waals surface area contributed by atoms with Crippen molar-refractivity contribution in [1.82, 2.24) is 0 Å². The minimum absolute atomic E-state index is 0.718. The van der Waals surface area contributed by atoms with Crippen molar-refractivity contribution in [3.8, 4) is 29.1 Å². The van der Waals surface area contributed by atoms with Gasteiger partial charge in [0.1, 0.15) is 23.0 Å². The number of hydrogen-bond acceptors (Lipinski definition) is 4. The predicted octanol–water partition coefficient (Wildman–Crippen LogP) is 8.32. The molecule has 186 valence electrons. The summed E-state index contributed by atoms with van der Waals surface area (Å²) in [6.07, 6.45) is 7.29. The van der Waals surface area contributed by atoms with Crippen LogP contribution >= 0.6 is 0 Å². The Kier molecular flexibility index (Phi) is 10.2. The molecule has 0 aromatic heterocycles. The highest BCUT2D eigenvalue weighted by molar-refractivity contribution is 5.78. The summed E-state index contributed by atoms with van der Waals surface area (Å²) in [5.74, 6) is 3.15. The van der Waals surface area contributed by atoms with E-state index in [0.29, 0.717) is 0 Å². The van der Waals surface area contributed by atoms with Crippen molar-refractivity contribution in [2.45, 2.75) is 45.4 Å². The van der Waals surface area contributed by atoms with Crippen molar-refractivity contribution in [1.29, 1.82) is 5.26 Å². The molecule has 0 unspecified atom stereocenters. The Morgan fingerprint density at radius 1 is 0.889 bits per heavy atom. The Morgan fingerprint density at radius 2 is 1.61 bits per heavy atom. The van der Waals surface area contributed by atoms with Gasteiger partial charge in [-0.1, -0.05) is 36.4 Å². The molecule has 4 nitrogen and oxygen atoms in total. The quantitative estimate of drug-likeness (QED) is 0.140. The molecule has 4 heteroatoms. The van der Waals surface area contributed by atoms with E-state index in [9.17, 15) is 5.26 Å². The molecular formula is C32H35NO3. The number of allylic oxidation sites excluding steroid dienone is 3. The molecule has 3 aromatic carbocycles. The van der Waals surface area contributed by atoms with Crippen molar-refractivity contribution in [3.05, 3.63) is 102 Å². The molecule has 0 bridgehead atoms. The number of hydrogen-bond donors (Lipinski definition) is 0. The Balaban J connectivity index is 1.77. The molecule has 0 aliphatic rings. The van der Waals surface area contributed by atoms with Gasteiger partial charge >= 0.3 is 0 Å². The standard InChI is InChI=1S/C32H35NO3/c1-5-6-8-13-26-21-29(34-3)22-31(35-4)32(26)30(24(2)23-33)16-11-12-25-17-19-28(20-18-25)36-27-14-9-7-10-15-27/h5,7,9-10,14-15,17-22H,1,6,8,11-13,16H2,2-4H3/b30-24+. The third-order valence-corrected chi connectivity index (χ3v) is 6.18. The fourth-order valence-electron chi connectivity index (χ4n) is 4.29. The average molecular weight is 482 g/mol. The summed E-state index contributed by atoms with van der Waals surface area (Å²) in [5.41, 5.74) is 5.15. The molecule has 0 amide bonds. The number of benzene rings is 3. The van der Waals surface area contributed by atoms with E-state index in [4.69, 9.17) is 14.2 Å². The summed E-state index contributed by atoms with van der Waals surface area (Å²) in [5, 5.41) is 9.80. The highest BCUT2D eigenvalue weighted by Gasteiger charge is 2.18. The monoisotopic (exact) mass is 481 g/mol. The summed E-state index contributed by atoms with van der Waals surface area (Å²) in [6, 6.07) is 24.3. The van der Waals surface area contributed by atoms with Crippen LogP contribution in [0.4, 0.5) is 0 Å². The number of nitriles is 1. The van der Waals surface area contributed by atoms with Crippen molar-refractivity contribution < 1.29 is 14.2 Å². The number of aryl methyl sites for hydroxylation is 2. The van der Waals surface area contributed by atoms with E-state index >= 15 is 0 Å². The molecule has 0 atom stereocenters. The molecule has 0 aliphatic carbocycles. The molecule has 3 aromatic rings. The zero-order valence-corrected chi connectivity index (χ0v) is 21.5. The highest BCUT2D eigenvalue weighted by Crippen LogP contribution is 2.38. The first-order valence-corrected chi connectivity index (χ1v) is 12.4. The van der Waals surface area contributed by atoms with Crippen molar-refractivity contribution in [2.24, 2.45) is 0 Å². The maximum Gasteiger partial charge on any atom is 0.130 e. The lowest BCUT2D eigenvalue weighted by atomic mass is 9.88. The van der Waals surface area contributed by atoms with Gasteiger partial charge in [0.15, 0.2) is 0 Å². The molecule has 36 heavy (non-hydrogen) atoms. The van der Waals surface area contributed by atoms with Gasteiger partial charge in [0, 0.05) is 17.2 Å². The second kappa shape index (κ2) is 13.8. The van der Waals surface area contributed by atoms with Gasteiger partial charge in [-0.25, -0.2) is 0 Å². The first-order valence-electron chi connectivity index (χ1n) is 12.4. The van der Waals surface area contributed by atoms with Crippen LogP contribution in [0, 0.1) is 11.3 Å². The van der Waals surface area contributed by atoms with Gasteiger partial charge in [-0.15, -0.1) is 6.58 Å². The number of para-hydroxylation sites is 1. The zero-order valence-electron chi connectivity index (χ0n) is 21.5. The minimum Gasteiger partial charge on any atom is -0.497 e. The van der Waals surface area contributed by atoms with Crippen LogP contribution in [0.25, 0.3) is 5.57 Å². The van der Waals surface area contributed by atoms with E-state index in [-0.39, 0.29) is 0 Å².